The van der Waals surface area contributed by atoms with Crippen molar-refractivity contribution >= 4 is 11.3 Å². The van der Waals surface area contributed by atoms with Gasteiger partial charge in [-0.2, -0.15) is 0 Å². The van der Waals surface area contributed by atoms with E-state index in [-0.39, 0.29) is 5.60 Å². The van der Waals surface area contributed by atoms with Crippen molar-refractivity contribution in [3.8, 4) is 0 Å². The van der Waals surface area contributed by atoms with Crippen molar-refractivity contribution in [2.75, 3.05) is 6.61 Å². The van der Waals surface area contributed by atoms with Crippen LogP contribution in [0.25, 0.3) is 0 Å². The van der Waals surface area contributed by atoms with Crippen molar-refractivity contribution in [2.24, 2.45) is 0 Å². The molecule has 1 aromatic rings. The molecule has 0 radical (unpaired) electrons. The van der Waals surface area contributed by atoms with Gasteiger partial charge in [-0.15, -0.1) is 11.3 Å². The van der Waals surface area contributed by atoms with Crippen LogP contribution in [0.15, 0.2) is 11.4 Å². The molecule has 1 aromatic heterocycles. The number of thiophene rings is 1. The summed E-state index contributed by atoms with van der Waals surface area (Å²) in [4.78, 5) is 1.24. The molecule has 0 saturated carbocycles. The van der Waals surface area contributed by atoms with Gasteiger partial charge < -0.3 is 9.84 Å². The molecule has 1 aliphatic rings. The first-order valence-electron chi connectivity index (χ1n) is 4.99. The Hall–Kier alpha value is -0.380. The molecule has 0 aromatic carbocycles. The first-order chi connectivity index (χ1) is 6.62. The zero-order valence-electron chi connectivity index (χ0n) is 8.62. The molecule has 2 atom stereocenters. The minimum atomic E-state index is -0.477. The van der Waals surface area contributed by atoms with Crippen LogP contribution in [0.1, 0.15) is 36.3 Å². The average molecular weight is 212 g/mol. The molecule has 1 fully saturated rings. The Morgan fingerprint density at radius 3 is 2.93 bits per heavy atom. The first-order valence-corrected chi connectivity index (χ1v) is 5.87. The molecule has 2 heterocycles. The van der Waals surface area contributed by atoms with E-state index in [1.165, 1.54) is 4.88 Å². The van der Waals surface area contributed by atoms with Crippen molar-refractivity contribution in [1.29, 1.82) is 0 Å². The second-order valence-corrected chi connectivity index (χ2v) is 5.27. The van der Waals surface area contributed by atoms with Gasteiger partial charge in [-0.3, -0.25) is 0 Å². The number of aliphatic hydroxyl groups is 1. The fourth-order valence-electron chi connectivity index (χ4n) is 1.98. The van der Waals surface area contributed by atoms with E-state index in [2.05, 4.69) is 6.92 Å². The van der Waals surface area contributed by atoms with Crippen molar-refractivity contribution in [3.05, 3.63) is 21.9 Å². The van der Waals surface area contributed by atoms with Crippen LogP contribution in [0.5, 0.6) is 0 Å². The molecule has 2 unspecified atom stereocenters. The third-order valence-corrected chi connectivity index (χ3v) is 3.77. The molecule has 14 heavy (non-hydrogen) atoms. The van der Waals surface area contributed by atoms with Crippen molar-refractivity contribution in [1.82, 2.24) is 0 Å². The summed E-state index contributed by atoms with van der Waals surface area (Å²) >= 11 is 1.67. The zero-order valence-corrected chi connectivity index (χ0v) is 9.43. The van der Waals surface area contributed by atoms with Gasteiger partial charge in [0.1, 0.15) is 6.10 Å². The van der Waals surface area contributed by atoms with Crippen molar-refractivity contribution in [3.63, 3.8) is 0 Å². The van der Waals surface area contributed by atoms with E-state index in [1.807, 2.05) is 18.4 Å². The van der Waals surface area contributed by atoms with Gasteiger partial charge in [0.15, 0.2) is 0 Å². The van der Waals surface area contributed by atoms with Gasteiger partial charge >= 0.3 is 0 Å². The van der Waals surface area contributed by atoms with Crippen molar-refractivity contribution in [2.45, 2.75) is 38.4 Å². The summed E-state index contributed by atoms with van der Waals surface area (Å²) < 4.78 is 5.62. The number of hydrogen-bond donors (Lipinski definition) is 1. The molecule has 0 amide bonds. The maximum absolute atomic E-state index is 10.2. The largest absolute Gasteiger partial charge is 0.385 e. The van der Waals surface area contributed by atoms with Crippen LogP contribution < -0.4 is 0 Å². The molecular weight excluding hydrogens is 196 g/mol. The van der Waals surface area contributed by atoms with E-state index < -0.39 is 6.10 Å². The number of ether oxygens (including phenoxy) is 1. The Kier molecular flexibility index (Phi) is 2.64. The Balaban J connectivity index is 2.18. The SMILES string of the molecule is Cc1cc(C(O)C2(C)CCCO2)cs1. The van der Waals surface area contributed by atoms with E-state index in [0.29, 0.717) is 0 Å². The van der Waals surface area contributed by atoms with Gasteiger partial charge in [-0.1, -0.05) is 0 Å². The molecule has 1 saturated heterocycles. The highest BCUT2D eigenvalue weighted by Crippen LogP contribution is 2.38. The normalized spacial score (nSPS) is 29.4. The predicted molar refractivity (Wildman–Crippen MR) is 57.6 cm³/mol. The van der Waals surface area contributed by atoms with Crippen LogP contribution in [0, 0.1) is 6.92 Å². The minimum Gasteiger partial charge on any atom is -0.385 e. The molecule has 0 bridgehead atoms. The second-order valence-electron chi connectivity index (χ2n) is 4.16. The molecule has 1 aliphatic heterocycles. The molecule has 2 nitrogen and oxygen atoms in total. The van der Waals surface area contributed by atoms with Gasteiger partial charge in [-0.05, 0) is 43.7 Å². The Labute approximate surface area is 88.5 Å². The summed E-state index contributed by atoms with van der Waals surface area (Å²) in [5.41, 5.74) is 0.630. The quantitative estimate of drug-likeness (QED) is 0.816. The third kappa shape index (κ3) is 1.72. The number of rotatable bonds is 2. The standard InChI is InChI=1S/C11H16O2S/c1-8-6-9(7-14-8)10(12)11(2)4-3-5-13-11/h6-7,10,12H,3-5H2,1-2H3. The van der Waals surface area contributed by atoms with Crippen LogP contribution in [0.3, 0.4) is 0 Å². The highest BCUT2D eigenvalue weighted by molar-refractivity contribution is 7.10. The molecule has 0 aliphatic carbocycles. The lowest BCUT2D eigenvalue weighted by molar-refractivity contribution is -0.0794. The minimum absolute atomic E-state index is 0.368. The highest BCUT2D eigenvalue weighted by Gasteiger charge is 2.38. The van der Waals surface area contributed by atoms with Crippen LogP contribution in [0.4, 0.5) is 0 Å². The van der Waals surface area contributed by atoms with Gasteiger partial charge in [0.25, 0.3) is 0 Å². The van der Waals surface area contributed by atoms with E-state index in [4.69, 9.17) is 4.74 Å². The lowest BCUT2D eigenvalue weighted by atomic mass is 9.91. The van der Waals surface area contributed by atoms with E-state index in [1.54, 1.807) is 11.3 Å². The summed E-state index contributed by atoms with van der Waals surface area (Å²) in [7, 11) is 0. The summed E-state index contributed by atoms with van der Waals surface area (Å²) in [6.45, 7) is 4.83. The first kappa shape index (κ1) is 10.1. The third-order valence-electron chi connectivity index (χ3n) is 2.89. The lowest BCUT2D eigenvalue weighted by Gasteiger charge is -2.28. The number of hydrogen-bond acceptors (Lipinski definition) is 3. The fraction of sp³-hybridized carbons (Fsp3) is 0.636. The summed E-state index contributed by atoms with van der Waals surface area (Å²) in [5, 5.41) is 12.2. The molecule has 2 rings (SSSR count). The topological polar surface area (TPSA) is 29.5 Å². The monoisotopic (exact) mass is 212 g/mol. The smallest absolute Gasteiger partial charge is 0.108 e. The van der Waals surface area contributed by atoms with Gasteiger partial charge in [0, 0.05) is 11.5 Å². The lowest BCUT2D eigenvalue weighted by Crippen LogP contribution is -2.31. The van der Waals surface area contributed by atoms with E-state index >= 15 is 0 Å². The number of aryl methyl sites for hydroxylation is 1. The van der Waals surface area contributed by atoms with Crippen LogP contribution in [-0.4, -0.2) is 17.3 Å². The van der Waals surface area contributed by atoms with Gasteiger partial charge in [0.2, 0.25) is 0 Å². The van der Waals surface area contributed by atoms with Gasteiger partial charge in [0.05, 0.1) is 5.60 Å². The summed E-state index contributed by atoms with van der Waals surface area (Å²) in [6.07, 6.45) is 1.52. The maximum atomic E-state index is 10.2. The molecular formula is C11H16O2S. The van der Waals surface area contributed by atoms with E-state index in [0.717, 1.165) is 25.0 Å². The average Bonchev–Trinajstić information content (AvgIpc) is 2.74. The molecule has 78 valence electrons. The Bertz CT molecular complexity index is 313. The van der Waals surface area contributed by atoms with E-state index in [9.17, 15) is 5.11 Å². The fourth-order valence-corrected chi connectivity index (χ4v) is 2.70. The zero-order chi connectivity index (χ0) is 10.2. The van der Waals surface area contributed by atoms with Crippen molar-refractivity contribution < 1.29 is 9.84 Å². The molecule has 1 N–H and O–H groups in total. The predicted octanol–water partition coefficient (Wildman–Crippen LogP) is 2.66. The van der Waals surface area contributed by atoms with Gasteiger partial charge in [-0.25, -0.2) is 0 Å². The number of aliphatic hydroxyl groups excluding tert-OH is 1. The summed E-state index contributed by atoms with van der Waals surface area (Å²) in [6, 6.07) is 2.04. The van der Waals surface area contributed by atoms with Crippen LogP contribution >= 0.6 is 11.3 Å². The Morgan fingerprint density at radius 1 is 1.64 bits per heavy atom. The Morgan fingerprint density at radius 2 is 2.43 bits per heavy atom. The molecule has 0 spiro atoms. The maximum Gasteiger partial charge on any atom is 0.108 e. The second kappa shape index (κ2) is 3.65. The van der Waals surface area contributed by atoms with Crippen LogP contribution in [-0.2, 0) is 4.74 Å². The molecule has 3 heteroatoms. The summed E-state index contributed by atoms with van der Waals surface area (Å²) in [5.74, 6) is 0. The van der Waals surface area contributed by atoms with Crippen LogP contribution in [0.2, 0.25) is 0 Å². The highest BCUT2D eigenvalue weighted by atomic mass is 32.1.